The van der Waals surface area contributed by atoms with E-state index >= 15 is 0 Å². The third kappa shape index (κ3) is 9.94. The first kappa shape index (κ1) is 28.6. The summed E-state index contributed by atoms with van der Waals surface area (Å²) in [5, 5.41) is 0.685. The van der Waals surface area contributed by atoms with Crippen LogP contribution >= 0.6 is 0 Å². The Labute approximate surface area is 212 Å². The molecule has 0 unspecified atom stereocenters. The average Bonchev–Trinajstić information content (AvgIpc) is 3.02. The molecule has 0 radical (unpaired) electrons. The molecule has 1 aromatic carbocycles. The van der Waals surface area contributed by atoms with E-state index < -0.39 is 34.7 Å². The number of fused-ring (bicyclic) bond motifs is 1. The van der Waals surface area contributed by atoms with Crippen LogP contribution in [-0.2, 0) is 28.6 Å². The molecule has 0 spiro atoms. The van der Waals surface area contributed by atoms with Crippen molar-refractivity contribution in [1.29, 1.82) is 0 Å². The molecule has 0 aliphatic carbocycles. The van der Waals surface area contributed by atoms with Crippen LogP contribution < -0.4 is 0 Å². The molecule has 1 aromatic heterocycles. The van der Waals surface area contributed by atoms with E-state index in [-0.39, 0.29) is 0 Å². The lowest BCUT2D eigenvalue weighted by atomic mass is 10.1. The van der Waals surface area contributed by atoms with Gasteiger partial charge in [-0.15, -0.1) is 0 Å². The van der Waals surface area contributed by atoms with E-state index in [1.807, 2.05) is 6.07 Å². The maximum atomic E-state index is 12.3. The molecule has 7 heteroatoms. The van der Waals surface area contributed by atoms with Gasteiger partial charge in [0.15, 0.2) is 0 Å². The number of benzene rings is 1. The van der Waals surface area contributed by atoms with Crippen LogP contribution in [0.2, 0.25) is 0 Å². The monoisotopic (exact) mass is 496 g/mol. The van der Waals surface area contributed by atoms with Crippen LogP contribution in [0, 0.1) is 0 Å². The van der Waals surface area contributed by atoms with Crippen LogP contribution in [0.1, 0.15) is 79.2 Å². The van der Waals surface area contributed by atoms with Gasteiger partial charge in [0, 0.05) is 29.2 Å². The van der Waals surface area contributed by atoms with Crippen molar-refractivity contribution < 1.29 is 33.0 Å². The van der Waals surface area contributed by atoms with Gasteiger partial charge in [-0.3, -0.25) is 0 Å². The molecule has 2 rings (SSSR count). The highest BCUT2D eigenvalue weighted by atomic mass is 16.6. The number of furan rings is 1. The Morgan fingerprint density at radius 2 is 1.11 bits per heavy atom. The Kier molecular flexibility index (Phi) is 8.73. The molecule has 0 saturated heterocycles. The number of carbonyl (C=O) groups excluding carboxylic acids is 3. The van der Waals surface area contributed by atoms with Crippen LogP contribution in [0.4, 0.5) is 0 Å². The normalized spacial score (nSPS) is 13.1. The fourth-order valence-electron chi connectivity index (χ4n) is 3.02. The number of carbonyl (C=O) groups is 3. The Morgan fingerprint density at radius 1 is 0.667 bits per heavy atom. The first-order valence-corrected chi connectivity index (χ1v) is 11.7. The highest BCUT2D eigenvalue weighted by molar-refractivity contribution is 5.98. The Morgan fingerprint density at radius 3 is 1.58 bits per heavy atom. The van der Waals surface area contributed by atoms with Crippen molar-refractivity contribution in [2.45, 2.75) is 79.1 Å². The molecule has 36 heavy (non-hydrogen) atoms. The van der Waals surface area contributed by atoms with Gasteiger partial charge in [0.2, 0.25) is 0 Å². The summed E-state index contributed by atoms with van der Waals surface area (Å²) >= 11 is 0. The first-order valence-electron chi connectivity index (χ1n) is 11.7. The van der Waals surface area contributed by atoms with Gasteiger partial charge in [-0.2, -0.15) is 0 Å². The van der Waals surface area contributed by atoms with Crippen molar-refractivity contribution >= 4 is 47.1 Å². The summed E-state index contributed by atoms with van der Waals surface area (Å²) < 4.78 is 21.9. The fourth-order valence-corrected chi connectivity index (χ4v) is 3.02. The van der Waals surface area contributed by atoms with Crippen LogP contribution in [0.25, 0.3) is 29.2 Å². The summed E-state index contributed by atoms with van der Waals surface area (Å²) in [6.07, 6.45) is 8.65. The molecule has 0 N–H and O–H groups in total. The molecule has 0 saturated carbocycles. The highest BCUT2D eigenvalue weighted by Crippen LogP contribution is 2.30. The molecule has 194 valence electrons. The zero-order valence-electron chi connectivity index (χ0n) is 22.6. The summed E-state index contributed by atoms with van der Waals surface area (Å²) in [7, 11) is 0. The summed E-state index contributed by atoms with van der Waals surface area (Å²) in [4.78, 5) is 36.5. The van der Waals surface area contributed by atoms with Gasteiger partial charge in [-0.1, -0.05) is 6.07 Å². The summed E-state index contributed by atoms with van der Waals surface area (Å²) in [5.74, 6) is -1.13. The standard InChI is InChI=1S/C29H36O7/c1-27(2,3)34-24(30)15-11-19-10-13-23-21(18-19)20(12-16-25(31)35-28(4,5)6)22(33-23)14-17-26(32)36-29(7,8)9/h10-18H,1-9H3/b15-11+,16-12+,17-14+. The van der Waals surface area contributed by atoms with E-state index in [1.54, 1.807) is 86.6 Å². The zero-order valence-corrected chi connectivity index (χ0v) is 22.6. The lowest BCUT2D eigenvalue weighted by molar-refractivity contribution is -0.149. The lowest BCUT2D eigenvalue weighted by Gasteiger charge is -2.18. The van der Waals surface area contributed by atoms with Crippen molar-refractivity contribution in [2.24, 2.45) is 0 Å². The van der Waals surface area contributed by atoms with Crippen molar-refractivity contribution in [3.63, 3.8) is 0 Å². The third-order valence-corrected chi connectivity index (χ3v) is 4.17. The van der Waals surface area contributed by atoms with E-state index in [9.17, 15) is 14.4 Å². The van der Waals surface area contributed by atoms with Gasteiger partial charge >= 0.3 is 17.9 Å². The highest BCUT2D eigenvalue weighted by Gasteiger charge is 2.18. The SMILES string of the molecule is CC(C)(C)OC(=O)/C=C/c1ccc2oc(/C=C/C(=O)OC(C)(C)C)c(/C=C/C(=O)OC(C)(C)C)c2c1. The third-order valence-electron chi connectivity index (χ3n) is 4.17. The Hall–Kier alpha value is -3.61. The predicted octanol–water partition coefficient (Wildman–Crippen LogP) is 6.50. The predicted molar refractivity (Wildman–Crippen MR) is 141 cm³/mol. The minimum absolute atomic E-state index is 0.365. The second-order valence-electron chi connectivity index (χ2n) is 11.2. The zero-order chi connectivity index (χ0) is 27.3. The largest absolute Gasteiger partial charge is 0.457 e. The molecule has 7 nitrogen and oxygen atoms in total. The molecular weight excluding hydrogens is 460 g/mol. The Bertz CT molecular complexity index is 1200. The Balaban J connectivity index is 2.46. The molecule has 0 atom stereocenters. The molecule has 0 bridgehead atoms. The summed E-state index contributed by atoms with van der Waals surface area (Å²) in [6.45, 7) is 16.1. The van der Waals surface area contributed by atoms with Gasteiger partial charge in [-0.05, 0) is 98.2 Å². The van der Waals surface area contributed by atoms with Crippen molar-refractivity contribution in [1.82, 2.24) is 0 Å². The first-order chi connectivity index (χ1) is 16.4. The number of esters is 3. The van der Waals surface area contributed by atoms with Crippen LogP contribution in [0.3, 0.4) is 0 Å². The van der Waals surface area contributed by atoms with E-state index in [0.717, 1.165) is 5.56 Å². The van der Waals surface area contributed by atoms with Crippen LogP contribution in [0.15, 0.2) is 40.8 Å². The maximum absolute atomic E-state index is 12.3. The number of hydrogen-bond acceptors (Lipinski definition) is 7. The minimum Gasteiger partial charge on any atom is -0.457 e. The smallest absolute Gasteiger partial charge is 0.331 e. The molecule has 0 aliphatic rings. The molecule has 0 fully saturated rings. The van der Waals surface area contributed by atoms with Crippen molar-refractivity contribution in [3.05, 3.63) is 53.3 Å². The van der Waals surface area contributed by atoms with E-state index in [4.69, 9.17) is 18.6 Å². The van der Waals surface area contributed by atoms with Crippen LogP contribution in [0.5, 0.6) is 0 Å². The van der Waals surface area contributed by atoms with Crippen LogP contribution in [-0.4, -0.2) is 34.7 Å². The van der Waals surface area contributed by atoms with E-state index in [0.29, 0.717) is 22.3 Å². The van der Waals surface area contributed by atoms with E-state index in [2.05, 4.69) is 0 Å². The summed E-state index contributed by atoms with van der Waals surface area (Å²) in [5.41, 5.74) is -0.0300. The van der Waals surface area contributed by atoms with Gasteiger partial charge in [0.25, 0.3) is 0 Å². The molecule has 0 amide bonds. The molecule has 0 aliphatic heterocycles. The van der Waals surface area contributed by atoms with Crippen molar-refractivity contribution in [2.75, 3.05) is 0 Å². The topological polar surface area (TPSA) is 92.0 Å². The molecule has 1 heterocycles. The van der Waals surface area contributed by atoms with Gasteiger partial charge < -0.3 is 18.6 Å². The number of rotatable bonds is 6. The van der Waals surface area contributed by atoms with Gasteiger partial charge in [0.1, 0.15) is 28.1 Å². The van der Waals surface area contributed by atoms with Gasteiger partial charge in [0.05, 0.1) is 0 Å². The van der Waals surface area contributed by atoms with E-state index in [1.165, 1.54) is 24.3 Å². The second kappa shape index (κ2) is 11.0. The molecule has 2 aromatic rings. The number of hydrogen-bond donors (Lipinski definition) is 0. The second-order valence-corrected chi connectivity index (χ2v) is 11.2. The summed E-state index contributed by atoms with van der Waals surface area (Å²) in [6, 6.07) is 5.36. The maximum Gasteiger partial charge on any atom is 0.331 e. The average molecular weight is 497 g/mol. The minimum atomic E-state index is -0.640. The van der Waals surface area contributed by atoms with Crippen molar-refractivity contribution in [3.8, 4) is 0 Å². The number of ether oxygens (including phenoxy) is 3. The van der Waals surface area contributed by atoms with Gasteiger partial charge in [-0.25, -0.2) is 14.4 Å². The quantitative estimate of drug-likeness (QED) is 0.256. The lowest BCUT2D eigenvalue weighted by Crippen LogP contribution is -2.22. The molecular formula is C29H36O7. The fraction of sp³-hybridized carbons (Fsp3) is 0.414.